The van der Waals surface area contributed by atoms with Gasteiger partial charge >= 0.3 is 5.97 Å². The molecule has 6 nitrogen and oxygen atoms in total. The fraction of sp³-hybridized carbons (Fsp3) is 0.588. The van der Waals surface area contributed by atoms with Crippen molar-refractivity contribution in [2.75, 3.05) is 13.1 Å². The van der Waals surface area contributed by atoms with Crippen LogP contribution in [-0.2, 0) is 21.4 Å². The lowest BCUT2D eigenvalue weighted by molar-refractivity contribution is -0.137. The summed E-state index contributed by atoms with van der Waals surface area (Å²) in [6.45, 7) is 1.07. The van der Waals surface area contributed by atoms with E-state index in [4.69, 9.17) is 5.11 Å². The molecule has 1 aliphatic rings. The zero-order chi connectivity index (χ0) is 17.4. The monoisotopic (exact) mass is 354 g/mol. The summed E-state index contributed by atoms with van der Waals surface area (Å²) in [6, 6.07) is 9.12. The predicted octanol–water partition coefficient (Wildman–Crippen LogP) is 2.17. The van der Waals surface area contributed by atoms with E-state index in [9.17, 15) is 13.2 Å². The summed E-state index contributed by atoms with van der Waals surface area (Å²) in [6.07, 6.45) is 4.56. The van der Waals surface area contributed by atoms with Crippen LogP contribution in [0.15, 0.2) is 30.3 Å². The molecule has 0 aromatic heterocycles. The van der Waals surface area contributed by atoms with E-state index in [1.165, 1.54) is 4.31 Å². The van der Waals surface area contributed by atoms with Crippen LogP contribution >= 0.6 is 0 Å². The number of benzene rings is 1. The average molecular weight is 354 g/mol. The van der Waals surface area contributed by atoms with Crippen molar-refractivity contribution in [1.82, 2.24) is 9.03 Å². The molecule has 7 heteroatoms. The van der Waals surface area contributed by atoms with Crippen molar-refractivity contribution in [2.24, 2.45) is 0 Å². The Kier molecular flexibility index (Phi) is 7.20. The number of carbonyl (C=O) groups is 1. The van der Waals surface area contributed by atoms with Gasteiger partial charge < -0.3 is 5.11 Å². The van der Waals surface area contributed by atoms with E-state index >= 15 is 0 Å². The molecule has 1 unspecified atom stereocenters. The molecule has 1 aromatic rings. The molecule has 0 spiro atoms. The second kappa shape index (κ2) is 9.15. The highest BCUT2D eigenvalue weighted by atomic mass is 32.2. The van der Waals surface area contributed by atoms with E-state index < -0.39 is 22.2 Å². The fourth-order valence-corrected chi connectivity index (χ4v) is 4.48. The summed E-state index contributed by atoms with van der Waals surface area (Å²) in [4.78, 5) is 10.9. The van der Waals surface area contributed by atoms with Crippen LogP contribution in [0.4, 0.5) is 0 Å². The lowest BCUT2D eigenvalue weighted by atomic mass is 10.0. The van der Waals surface area contributed by atoms with Crippen molar-refractivity contribution < 1.29 is 18.3 Å². The van der Waals surface area contributed by atoms with Crippen LogP contribution in [0.2, 0.25) is 0 Å². The van der Waals surface area contributed by atoms with Gasteiger partial charge in [0.05, 0.1) is 0 Å². The molecule has 1 fully saturated rings. The molecule has 0 aliphatic carbocycles. The van der Waals surface area contributed by atoms with Gasteiger partial charge in [0.2, 0.25) is 0 Å². The van der Waals surface area contributed by atoms with E-state index in [1.54, 1.807) is 0 Å². The Hall–Kier alpha value is -1.44. The molecule has 0 saturated carbocycles. The first-order chi connectivity index (χ1) is 11.5. The minimum absolute atomic E-state index is 0.0555. The van der Waals surface area contributed by atoms with Crippen LogP contribution in [0.3, 0.4) is 0 Å². The summed E-state index contributed by atoms with van der Waals surface area (Å²) in [5, 5.41) is 8.93. The van der Waals surface area contributed by atoms with Gasteiger partial charge in [-0.15, -0.1) is 0 Å². The second-order valence-electron chi connectivity index (χ2n) is 6.26. The van der Waals surface area contributed by atoms with E-state index in [0.717, 1.165) is 31.2 Å². The van der Waals surface area contributed by atoms with Crippen molar-refractivity contribution in [3.05, 3.63) is 35.9 Å². The average Bonchev–Trinajstić information content (AvgIpc) is 2.83. The number of aliphatic carboxylic acids is 1. The summed E-state index contributed by atoms with van der Waals surface area (Å²) in [5.74, 6) is -0.915. The molecule has 0 bridgehead atoms. The lowest BCUT2D eigenvalue weighted by Crippen LogP contribution is -2.46. The standard InChI is InChI=1S/C17H26N2O4S/c20-17(21)11-10-16(14-15-8-4-3-5-9-15)18-24(22,23)19-12-6-1-2-7-13-19/h3-5,8-9,16,18H,1-2,6-7,10-14H2,(H,20,21). The van der Waals surface area contributed by atoms with Gasteiger partial charge in [-0.1, -0.05) is 43.2 Å². The van der Waals surface area contributed by atoms with E-state index in [2.05, 4.69) is 4.72 Å². The van der Waals surface area contributed by atoms with Crippen LogP contribution < -0.4 is 4.72 Å². The van der Waals surface area contributed by atoms with Gasteiger partial charge in [-0.25, -0.2) is 0 Å². The van der Waals surface area contributed by atoms with Crippen LogP contribution in [0.25, 0.3) is 0 Å². The third kappa shape index (κ3) is 6.22. The third-order valence-corrected chi connectivity index (χ3v) is 5.93. The van der Waals surface area contributed by atoms with E-state index in [1.807, 2.05) is 30.3 Å². The topological polar surface area (TPSA) is 86.7 Å². The maximum Gasteiger partial charge on any atom is 0.303 e. The number of carboxylic acid groups (broad SMARTS) is 1. The molecule has 0 radical (unpaired) electrons. The van der Waals surface area contributed by atoms with Gasteiger partial charge in [0.25, 0.3) is 10.2 Å². The summed E-state index contributed by atoms with van der Waals surface area (Å²) in [7, 11) is -3.58. The number of hydrogen-bond acceptors (Lipinski definition) is 3. The first-order valence-electron chi connectivity index (χ1n) is 8.50. The van der Waals surface area contributed by atoms with Gasteiger partial charge in [0.1, 0.15) is 0 Å². The van der Waals surface area contributed by atoms with E-state index in [-0.39, 0.29) is 12.8 Å². The van der Waals surface area contributed by atoms with Gasteiger partial charge in [0.15, 0.2) is 0 Å². The Morgan fingerprint density at radius 1 is 1.12 bits per heavy atom. The number of rotatable bonds is 8. The van der Waals surface area contributed by atoms with Crippen LogP contribution in [-0.4, -0.2) is 42.9 Å². The molecule has 2 N–H and O–H groups in total. The molecular weight excluding hydrogens is 328 g/mol. The largest absolute Gasteiger partial charge is 0.481 e. The zero-order valence-electron chi connectivity index (χ0n) is 13.9. The molecular formula is C17H26N2O4S. The number of carboxylic acids is 1. The zero-order valence-corrected chi connectivity index (χ0v) is 14.7. The Morgan fingerprint density at radius 3 is 2.33 bits per heavy atom. The maximum absolute atomic E-state index is 12.7. The molecule has 0 amide bonds. The highest BCUT2D eigenvalue weighted by molar-refractivity contribution is 7.87. The van der Waals surface area contributed by atoms with Gasteiger partial charge in [-0.3, -0.25) is 4.79 Å². The highest BCUT2D eigenvalue weighted by Crippen LogP contribution is 2.15. The molecule has 24 heavy (non-hydrogen) atoms. The molecule has 1 saturated heterocycles. The van der Waals surface area contributed by atoms with Gasteiger partial charge in [0, 0.05) is 25.6 Å². The Balaban J connectivity index is 2.06. The first-order valence-corrected chi connectivity index (χ1v) is 9.94. The molecule has 1 atom stereocenters. The third-order valence-electron chi connectivity index (χ3n) is 4.25. The minimum atomic E-state index is -3.58. The van der Waals surface area contributed by atoms with Crippen LogP contribution in [0.1, 0.15) is 44.1 Å². The van der Waals surface area contributed by atoms with Gasteiger partial charge in [-0.05, 0) is 31.2 Å². The highest BCUT2D eigenvalue weighted by Gasteiger charge is 2.26. The van der Waals surface area contributed by atoms with Crippen molar-refractivity contribution >= 4 is 16.2 Å². The van der Waals surface area contributed by atoms with Crippen molar-refractivity contribution in [2.45, 2.75) is 51.0 Å². The summed E-state index contributed by atoms with van der Waals surface area (Å²) in [5.41, 5.74) is 0.992. The maximum atomic E-state index is 12.7. The molecule has 1 aromatic carbocycles. The Morgan fingerprint density at radius 2 is 1.75 bits per heavy atom. The SMILES string of the molecule is O=C(O)CCC(Cc1ccccc1)NS(=O)(=O)N1CCCCCC1. The van der Waals surface area contributed by atoms with Crippen LogP contribution in [0.5, 0.6) is 0 Å². The first kappa shape index (κ1) is 18.9. The molecule has 134 valence electrons. The predicted molar refractivity (Wildman–Crippen MR) is 92.9 cm³/mol. The normalized spacial score (nSPS) is 18.0. The number of nitrogens with zero attached hydrogens (tertiary/aromatic N) is 1. The Bertz CT molecular complexity index is 611. The lowest BCUT2D eigenvalue weighted by Gasteiger charge is -2.25. The number of hydrogen-bond donors (Lipinski definition) is 2. The number of nitrogens with one attached hydrogen (secondary N) is 1. The molecule has 2 rings (SSSR count). The van der Waals surface area contributed by atoms with Crippen LogP contribution in [0, 0.1) is 0 Å². The molecule has 1 aliphatic heterocycles. The fourth-order valence-electron chi connectivity index (χ4n) is 2.97. The van der Waals surface area contributed by atoms with Crippen molar-refractivity contribution in [1.29, 1.82) is 0 Å². The Labute approximate surface area is 144 Å². The van der Waals surface area contributed by atoms with Crippen molar-refractivity contribution in [3.63, 3.8) is 0 Å². The molecule has 1 heterocycles. The van der Waals surface area contributed by atoms with E-state index in [0.29, 0.717) is 19.5 Å². The van der Waals surface area contributed by atoms with Crippen molar-refractivity contribution in [3.8, 4) is 0 Å². The minimum Gasteiger partial charge on any atom is -0.481 e. The second-order valence-corrected chi connectivity index (χ2v) is 7.96. The summed E-state index contributed by atoms with van der Waals surface area (Å²) < 4.78 is 29.5. The quantitative estimate of drug-likeness (QED) is 0.749. The smallest absolute Gasteiger partial charge is 0.303 e. The van der Waals surface area contributed by atoms with Gasteiger partial charge in [-0.2, -0.15) is 17.4 Å². The summed E-state index contributed by atoms with van der Waals surface area (Å²) >= 11 is 0.